The highest BCUT2D eigenvalue weighted by atomic mass is 16.4. The normalized spacial score (nSPS) is 11.1. The Labute approximate surface area is 237 Å². The predicted molar refractivity (Wildman–Crippen MR) is 162 cm³/mol. The fraction of sp³-hybridized carbons (Fsp3) is 0.364. The second kappa shape index (κ2) is 12.8. The first kappa shape index (κ1) is 28.9. The molecular weight excluding hydrogens is 500 g/mol. The number of nitrogens with zero attached hydrogens (tertiary/aromatic N) is 4. The average molecular weight is 541 g/mol. The maximum Gasteiger partial charge on any atom is 0.336 e. The maximum absolute atomic E-state index is 13.2. The number of urea groups is 1. The van der Waals surface area contributed by atoms with Crippen LogP contribution in [0.5, 0.6) is 0 Å². The van der Waals surface area contributed by atoms with Crippen LogP contribution in [0.4, 0.5) is 10.5 Å². The van der Waals surface area contributed by atoms with Crippen LogP contribution in [0.25, 0.3) is 22.2 Å². The molecule has 0 saturated carbocycles. The number of aromatic nitrogens is 2. The van der Waals surface area contributed by atoms with Crippen LogP contribution in [0.1, 0.15) is 66.8 Å². The van der Waals surface area contributed by atoms with Gasteiger partial charge in [0.2, 0.25) is 0 Å². The van der Waals surface area contributed by atoms with Crippen molar-refractivity contribution in [2.75, 3.05) is 25.5 Å². The van der Waals surface area contributed by atoms with E-state index in [0.717, 1.165) is 71.3 Å². The van der Waals surface area contributed by atoms with E-state index >= 15 is 0 Å². The van der Waals surface area contributed by atoms with Crippen LogP contribution < -0.4 is 4.90 Å². The third kappa shape index (κ3) is 6.19. The van der Waals surface area contributed by atoms with E-state index in [1.54, 1.807) is 31.1 Å². The SMILES string of the molecule is CCCCCN(C(=O)N(C)C)c1cc(C)c2nc(CCC)n(Cc3ccc(-c4ccccc4C(=O)O)cc3)c2c1. The number of carbonyl (C=O) groups is 2. The standard InChI is InChI=1S/C33H40N4O3/c1-6-8-11-19-36(33(40)35(4)5)26-20-23(3)31-29(21-26)37(30(34-31)12-7-2)22-24-15-17-25(18-16-24)27-13-9-10-14-28(27)32(38)39/h9-10,13-18,20-21H,6-8,11-12,19,22H2,1-5H3,(H,38,39). The summed E-state index contributed by atoms with van der Waals surface area (Å²) in [4.78, 5) is 33.4. The highest BCUT2D eigenvalue weighted by molar-refractivity contribution is 5.96. The van der Waals surface area contributed by atoms with Gasteiger partial charge in [-0.3, -0.25) is 4.90 Å². The van der Waals surface area contributed by atoms with E-state index in [0.29, 0.717) is 24.2 Å². The zero-order chi connectivity index (χ0) is 28.8. The molecule has 0 radical (unpaired) electrons. The number of rotatable bonds is 11. The number of imidazole rings is 1. The molecule has 1 heterocycles. The number of fused-ring (bicyclic) bond motifs is 1. The number of carbonyl (C=O) groups excluding carboxylic acids is 1. The molecular formula is C33H40N4O3. The largest absolute Gasteiger partial charge is 0.478 e. The van der Waals surface area contributed by atoms with Crippen LogP contribution in [0, 0.1) is 6.92 Å². The summed E-state index contributed by atoms with van der Waals surface area (Å²) < 4.78 is 2.26. The number of hydrogen-bond donors (Lipinski definition) is 1. The van der Waals surface area contributed by atoms with Gasteiger partial charge < -0.3 is 14.6 Å². The van der Waals surface area contributed by atoms with Gasteiger partial charge in [-0.1, -0.05) is 69.2 Å². The van der Waals surface area contributed by atoms with Gasteiger partial charge in [0, 0.05) is 39.3 Å². The van der Waals surface area contributed by atoms with Crippen molar-refractivity contribution >= 4 is 28.7 Å². The molecule has 0 aliphatic carbocycles. The van der Waals surface area contributed by atoms with Gasteiger partial charge in [-0.05, 0) is 60.2 Å². The minimum absolute atomic E-state index is 0.0214. The average Bonchev–Trinajstić information content (AvgIpc) is 3.28. The number of aryl methyl sites for hydroxylation is 2. The zero-order valence-corrected chi connectivity index (χ0v) is 24.3. The topological polar surface area (TPSA) is 78.7 Å². The van der Waals surface area contributed by atoms with Crippen LogP contribution in [0.15, 0.2) is 60.7 Å². The predicted octanol–water partition coefficient (Wildman–Crippen LogP) is 7.39. The second-order valence-corrected chi connectivity index (χ2v) is 10.6. The summed E-state index contributed by atoms with van der Waals surface area (Å²) in [6.07, 6.45) is 4.94. The Bertz CT molecular complexity index is 1490. The Kier molecular flexibility index (Phi) is 9.25. The molecule has 2 amide bonds. The molecule has 7 heteroatoms. The van der Waals surface area contributed by atoms with Crippen molar-refractivity contribution in [3.8, 4) is 11.1 Å². The van der Waals surface area contributed by atoms with Crippen LogP contribution in [-0.4, -0.2) is 52.2 Å². The molecule has 7 nitrogen and oxygen atoms in total. The smallest absolute Gasteiger partial charge is 0.336 e. The van der Waals surface area contributed by atoms with Crippen molar-refractivity contribution in [2.45, 2.75) is 59.4 Å². The van der Waals surface area contributed by atoms with Gasteiger partial charge in [-0.15, -0.1) is 0 Å². The van der Waals surface area contributed by atoms with E-state index in [9.17, 15) is 14.7 Å². The van der Waals surface area contributed by atoms with Crippen molar-refractivity contribution < 1.29 is 14.7 Å². The van der Waals surface area contributed by atoms with E-state index in [1.165, 1.54) is 0 Å². The first-order valence-electron chi connectivity index (χ1n) is 14.1. The van der Waals surface area contributed by atoms with Crippen LogP contribution in [-0.2, 0) is 13.0 Å². The summed E-state index contributed by atoms with van der Waals surface area (Å²) in [7, 11) is 3.59. The summed E-state index contributed by atoms with van der Waals surface area (Å²) in [6, 6.07) is 19.3. The van der Waals surface area contributed by atoms with E-state index in [1.807, 2.05) is 29.2 Å². The Balaban J connectivity index is 1.74. The molecule has 4 rings (SSSR count). The lowest BCUT2D eigenvalue weighted by molar-refractivity contribution is 0.0697. The third-order valence-electron chi connectivity index (χ3n) is 7.26. The van der Waals surface area contributed by atoms with E-state index in [4.69, 9.17) is 4.98 Å². The molecule has 0 aliphatic rings. The summed E-state index contributed by atoms with van der Waals surface area (Å²) in [5, 5.41) is 9.61. The molecule has 0 fully saturated rings. The van der Waals surface area contributed by atoms with Gasteiger partial charge in [0.15, 0.2) is 0 Å². The fourth-order valence-corrected chi connectivity index (χ4v) is 5.16. The molecule has 1 aromatic heterocycles. The van der Waals surface area contributed by atoms with E-state index in [2.05, 4.69) is 49.6 Å². The van der Waals surface area contributed by atoms with Gasteiger partial charge >= 0.3 is 12.0 Å². The molecule has 40 heavy (non-hydrogen) atoms. The van der Waals surface area contributed by atoms with Gasteiger partial charge in [-0.2, -0.15) is 0 Å². The number of hydrogen-bond acceptors (Lipinski definition) is 3. The van der Waals surface area contributed by atoms with Crippen molar-refractivity contribution in [1.29, 1.82) is 0 Å². The number of carboxylic acids is 1. The summed E-state index contributed by atoms with van der Waals surface area (Å²) >= 11 is 0. The molecule has 0 saturated heterocycles. The lowest BCUT2D eigenvalue weighted by atomic mass is 9.99. The second-order valence-electron chi connectivity index (χ2n) is 10.6. The lowest BCUT2D eigenvalue weighted by Crippen LogP contribution is -2.40. The number of carboxylic acid groups (broad SMARTS) is 1. The van der Waals surface area contributed by atoms with Gasteiger partial charge in [0.25, 0.3) is 0 Å². The quantitative estimate of drug-likeness (QED) is 0.201. The molecule has 210 valence electrons. The van der Waals surface area contributed by atoms with Crippen LogP contribution in [0.3, 0.4) is 0 Å². The summed E-state index contributed by atoms with van der Waals surface area (Å²) in [5.41, 5.74) is 6.89. The number of anilines is 1. The molecule has 0 aliphatic heterocycles. The highest BCUT2D eigenvalue weighted by Gasteiger charge is 2.21. The number of aromatic carboxylic acids is 1. The monoisotopic (exact) mass is 540 g/mol. The zero-order valence-electron chi connectivity index (χ0n) is 24.3. The summed E-state index contributed by atoms with van der Waals surface area (Å²) in [5.74, 6) is 0.0888. The first-order valence-corrected chi connectivity index (χ1v) is 14.1. The molecule has 0 bridgehead atoms. The number of benzene rings is 3. The minimum Gasteiger partial charge on any atom is -0.478 e. The Morgan fingerprint density at radius 1 is 0.950 bits per heavy atom. The molecule has 0 spiro atoms. The van der Waals surface area contributed by atoms with Crippen molar-refractivity contribution in [2.24, 2.45) is 0 Å². The minimum atomic E-state index is -0.934. The lowest BCUT2D eigenvalue weighted by Gasteiger charge is -2.27. The molecule has 1 N–H and O–H groups in total. The van der Waals surface area contributed by atoms with E-state index < -0.39 is 5.97 Å². The number of unbranched alkanes of at least 4 members (excludes halogenated alkanes) is 2. The van der Waals surface area contributed by atoms with Crippen molar-refractivity contribution in [1.82, 2.24) is 14.5 Å². The maximum atomic E-state index is 13.2. The first-order chi connectivity index (χ1) is 19.2. The molecule has 3 aromatic carbocycles. The Morgan fingerprint density at radius 2 is 1.68 bits per heavy atom. The molecule has 4 aromatic rings. The van der Waals surface area contributed by atoms with Crippen molar-refractivity contribution in [3.05, 3.63) is 83.2 Å². The van der Waals surface area contributed by atoms with E-state index in [-0.39, 0.29) is 6.03 Å². The molecule has 0 atom stereocenters. The van der Waals surface area contributed by atoms with Crippen LogP contribution >= 0.6 is 0 Å². The van der Waals surface area contributed by atoms with Crippen LogP contribution in [0.2, 0.25) is 0 Å². The number of amides is 2. The Hall–Kier alpha value is -4.13. The molecule has 0 unspecified atom stereocenters. The highest BCUT2D eigenvalue weighted by Crippen LogP contribution is 2.30. The van der Waals surface area contributed by atoms with Gasteiger partial charge in [-0.25, -0.2) is 14.6 Å². The Morgan fingerprint density at radius 3 is 2.33 bits per heavy atom. The summed E-state index contributed by atoms with van der Waals surface area (Å²) in [6.45, 7) is 7.69. The van der Waals surface area contributed by atoms with Gasteiger partial charge in [0.05, 0.1) is 16.6 Å². The third-order valence-corrected chi connectivity index (χ3v) is 7.26. The van der Waals surface area contributed by atoms with Gasteiger partial charge in [0.1, 0.15) is 5.82 Å². The van der Waals surface area contributed by atoms with Crippen molar-refractivity contribution in [3.63, 3.8) is 0 Å². The fourth-order valence-electron chi connectivity index (χ4n) is 5.16.